The average molecular weight is 329 g/mol. The van der Waals surface area contributed by atoms with Crippen molar-refractivity contribution in [3.05, 3.63) is 34.1 Å². The quantitative estimate of drug-likeness (QED) is 0.916. The Morgan fingerprint density at radius 3 is 2.84 bits per heavy atom. The first kappa shape index (κ1) is 14.9. The molecule has 1 aromatic carbocycles. The number of rotatable bonds is 3. The molecule has 1 saturated heterocycles. The summed E-state index contributed by atoms with van der Waals surface area (Å²) >= 11 is 3.32. The minimum absolute atomic E-state index is 0.116. The van der Waals surface area contributed by atoms with E-state index >= 15 is 0 Å². The molecule has 1 aliphatic rings. The molecule has 19 heavy (non-hydrogen) atoms. The maximum Gasteiger partial charge on any atom is 0.129 e. The molecule has 0 radical (unpaired) electrons. The second-order valence-corrected chi connectivity index (χ2v) is 6.15. The van der Waals surface area contributed by atoms with E-state index in [0.717, 1.165) is 29.5 Å². The van der Waals surface area contributed by atoms with Crippen LogP contribution in [0, 0.1) is 11.7 Å². The third-order valence-corrected chi connectivity index (χ3v) is 4.59. The summed E-state index contributed by atoms with van der Waals surface area (Å²) in [6.07, 6.45) is 3.46. The molecule has 2 rings (SSSR count). The molecule has 0 amide bonds. The highest BCUT2D eigenvalue weighted by molar-refractivity contribution is 9.10. The molecular formula is C15H22BrFN2. The van der Waals surface area contributed by atoms with Crippen LogP contribution in [0.25, 0.3) is 0 Å². The van der Waals surface area contributed by atoms with Gasteiger partial charge in [0, 0.05) is 16.1 Å². The third-order valence-electron chi connectivity index (χ3n) is 4.10. The summed E-state index contributed by atoms with van der Waals surface area (Å²) in [7, 11) is 0. The Labute approximate surface area is 123 Å². The molecule has 1 aliphatic heterocycles. The number of hydrogen-bond acceptors (Lipinski definition) is 2. The van der Waals surface area contributed by atoms with Gasteiger partial charge in [-0.2, -0.15) is 0 Å². The zero-order valence-corrected chi connectivity index (χ0v) is 13.0. The van der Waals surface area contributed by atoms with Gasteiger partial charge in [0.1, 0.15) is 5.82 Å². The fourth-order valence-electron chi connectivity index (χ4n) is 3.11. The Morgan fingerprint density at radius 2 is 2.21 bits per heavy atom. The van der Waals surface area contributed by atoms with Crippen molar-refractivity contribution in [3.63, 3.8) is 0 Å². The lowest BCUT2D eigenvalue weighted by Crippen LogP contribution is -2.36. The van der Waals surface area contributed by atoms with Gasteiger partial charge in [-0.3, -0.25) is 4.90 Å². The molecule has 0 spiro atoms. The van der Waals surface area contributed by atoms with Crippen molar-refractivity contribution in [1.82, 2.24) is 4.90 Å². The molecule has 0 bridgehead atoms. The largest absolute Gasteiger partial charge is 0.330 e. The number of nitrogens with two attached hydrogens (primary N) is 1. The summed E-state index contributed by atoms with van der Waals surface area (Å²) < 4.78 is 15.1. The van der Waals surface area contributed by atoms with Crippen molar-refractivity contribution in [2.75, 3.05) is 19.6 Å². The van der Waals surface area contributed by atoms with Gasteiger partial charge in [0.2, 0.25) is 0 Å². The van der Waals surface area contributed by atoms with Crippen LogP contribution in [0.1, 0.15) is 37.8 Å². The molecule has 2 nitrogen and oxygen atoms in total. The van der Waals surface area contributed by atoms with E-state index < -0.39 is 0 Å². The fraction of sp³-hybridized carbons (Fsp3) is 0.600. The first-order valence-electron chi connectivity index (χ1n) is 7.06. The second kappa shape index (κ2) is 6.82. The highest BCUT2D eigenvalue weighted by Crippen LogP contribution is 2.36. The summed E-state index contributed by atoms with van der Waals surface area (Å²) in [5, 5.41) is 0. The van der Waals surface area contributed by atoms with Gasteiger partial charge in [-0.15, -0.1) is 0 Å². The lowest BCUT2D eigenvalue weighted by atomic mass is 9.89. The highest BCUT2D eigenvalue weighted by Gasteiger charge is 2.31. The Balaban J connectivity index is 2.39. The summed E-state index contributed by atoms with van der Waals surface area (Å²) in [5.41, 5.74) is 6.73. The van der Waals surface area contributed by atoms with Gasteiger partial charge in [0.05, 0.1) is 0 Å². The average Bonchev–Trinajstić information content (AvgIpc) is 2.60. The minimum Gasteiger partial charge on any atom is -0.330 e. The standard InChI is InChI=1S/C15H22BrFN2/c1-2-19-8-4-3-5-11(10-18)15(19)13-7-6-12(16)9-14(13)17/h6-7,9,11,15H,2-5,8,10,18H2,1H3. The topological polar surface area (TPSA) is 29.3 Å². The predicted octanol–water partition coefficient (Wildman–Crippen LogP) is 3.71. The summed E-state index contributed by atoms with van der Waals surface area (Å²) in [4.78, 5) is 2.37. The van der Waals surface area contributed by atoms with Crippen LogP contribution in [0.3, 0.4) is 0 Å². The lowest BCUT2D eigenvalue weighted by molar-refractivity contribution is 0.162. The van der Waals surface area contributed by atoms with Crippen molar-refractivity contribution >= 4 is 15.9 Å². The van der Waals surface area contributed by atoms with Gasteiger partial charge in [-0.25, -0.2) is 4.39 Å². The van der Waals surface area contributed by atoms with Crippen LogP contribution >= 0.6 is 15.9 Å². The van der Waals surface area contributed by atoms with E-state index in [1.807, 2.05) is 12.1 Å². The van der Waals surface area contributed by atoms with E-state index in [4.69, 9.17) is 5.73 Å². The Kier molecular flexibility index (Phi) is 5.37. The smallest absolute Gasteiger partial charge is 0.129 e. The third kappa shape index (κ3) is 3.36. The lowest BCUT2D eigenvalue weighted by Gasteiger charge is -2.34. The SMILES string of the molecule is CCN1CCCCC(CN)C1c1ccc(Br)cc1F. The molecule has 1 aromatic rings. The van der Waals surface area contributed by atoms with Crippen molar-refractivity contribution in [2.45, 2.75) is 32.2 Å². The van der Waals surface area contributed by atoms with Crippen molar-refractivity contribution < 1.29 is 4.39 Å². The second-order valence-electron chi connectivity index (χ2n) is 5.23. The fourth-order valence-corrected chi connectivity index (χ4v) is 3.44. The monoisotopic (exact) mass is 328 g/mol. The van der Waals surface area contributed by atoms with Gasteiger partial charge in [0.15, 0.2) is 0 Å². The molecule has 2 unspecified atom stereocenters. The van der Waals surface area contributed by atoms with E-state index in [1.165, 1.54) is 12.8 Å². The van der Waals surface area contributed by atoms with Crippen LogP contribution in [0.15, 0.2) is 22.7 Å². The van der Waals surface area contributed by atoms with Crippen LogP contribution < -0.4 is 5.73 Å². The van der Waals surface area contributed by atoms with Crippen LogP contribution in [-0.4, -0.2) is 24.5 Å². The number of hydrogen-bond donors (Lipinski definition) is 1. The minimum atomic E-state index is -0.127. The molecule has 0 saturated carbocycles. The molecule has 0 aliphatic carbocycles. The molecular weight excluding hydrogens is 307 g/mol. The number of nitrogens with zero attached hydrogens (tertiary/aromatic N) is 1. The van der Waals surface area contributed by atoms with E-state index in [1.54, 1.807) is 6.07 Å². The van der Waals surface area contributed by atoms with Crippen LogP contribution in [-0.2, 0) is 0 Å². The summed E-state index contributed by atoms with van der Waals surface area (Å²) in [6.45, 7) is 4.74. The first-order chi connectivity index (χ1) is 9.17. The van der Waals surface area contributed by atoms with E-state index in [9.17, 15) is 4.39 Å². The van der Waals surface area contributed by atoms with Crippen LogP contribution in [0.5, 0.6) is 0 Å². The summed E-state index contributed by atoms with van der Waals surface area (Å²) in [6, 6.07) is 5.50. The maximum absolute atomic E-state index is 14.3. The van der Waals surface area contributed by atoms with Crippen molar-refractivity contribution in [1.29, 1.82) is 0 Å². The number of halogens is 2. The predicted molar refractivity (Wildman–Crippen MR) is 80.5 cm³/mol. The molecule has 4 heteroatoms. The van der Waals surface area contributed by atoms with E-state index in [2.05, 4.69) is 27.8 Å². The van der Waals surface area contributed by atoms with Gasteiger partial charge in [-0.1, -0.05) is 35.3 Å². The van der Waals surface area contributed by atoms with Crippen LogP contribution in [0.2, 0.25) is 0 Å². The number of likely N-dealkylation sites (tertiary alicyclic amines) is 1. The number of benzene rings is 1. The zero-order valence-electron chi connectivity index (χ0n) is 11.4. The Bertz CT molecular complexity index is 411. The Morgan fingerprint density at radius 1 is 1.42 bits per heavy atom. The molecule has 1 heterocycles. The molecule has 0 aromatic heterocycles. The van der Waals surface area contributed by atoms with Crippen molar-refractivity contribution in [3.8, 4) is 0 Å². The normalized spacial score (nSPS) is 25.3. The van der Waals surface area contributed by atoms with Gasteiger partial charge in [0.25, 0.3) is 0 Å². The first-order valence-corrected chi connectivity index (χ1v) is 7.85. The van der Waals surface area contributed by atoms with Crippen LogP contribution in [0.4, 0.5) is 4.39 Å². The van der Waals surface area contributed by atoms with E-state index in [0.29, 0.717) is 12.5 Å². The molecule has 2 atom stereocenters. The Hall–Kier alpha value is -0.450. The van der Waals surface area contributed by atoms with Gasteiger partial charge >= 0.3 is 0 Å². The van der Waals surface area contributed by atoms with E-state index in [-0.39, 0.29) is 11.9 Å². The maximum atomic E-state index is 14.3. The van der Waals surface area contributed by atoms with Crippen molar-refractivity contribution in [2.24, 2.45) is 11.7 Å². The zero-order chi connectivity index (χ0) is 13.8. The van der Waals surface area contributed by atoms with Gasteiger partial charge < -0.3 is 5.73 Å². The molecule has 2 N–H and O–H groups in total. The molecule has 106 valence electrons. The molecule has 1 fully saturated rings. The van der Waals surface area contributed by atoms with Gasteiger partial charge in [-0.05, 0) is 50.5 Å². The summed E-state index contributed by atoms with van der Waals surface area (Å²) in [5.74, 6) is 0.219. The highest BCUT2D eigenvalue weighted by atomic mass is 79.9.